The van der Waals surface area contributed by atoms with E-state index in [4.69, 9.17) is 5.11 Å². The highest BCUT2D eigenvalue weighted by molar-refractivity contribution is 5.80. The minimum atomic E-state index is -1.00. The minimum absolute atomic E-state index is 0.286. The highest BCUT2D eigenvalue weighted by atomic mass is 16.4. The van der Waals surface area contributed by atoms with E-state index in [-0.39, 0.29) is 12.6 Å². The van der Waals surface area contributed by atoms with Gasteiger partial charge in [0.1, 0.15) is 6.54 Å². The number of carboxylic acid groups (broad SMARTS) is 1. The fourth-order valence-corrected chi connectivity index (χ4v) is 1.33. The number of amides is 2. The van der Waals surface area contributed by atoms with Crippen molar-refractivity contribution in [2.45, 2.75) is 47.1 Å². The van der Waals surface area contributed by atoms with Gasteiger partial charge in [-0.2, -0.15) is 0 Å². The van der Waals surface area contributed by atoms with Crippen LogP contribution in [0.5, 0.6) is 0 Å². The van der Waals surface area contributed by atoms with E-state index in [9.17, 15) is 9.59 Å². The Morgan fingerprint density at radius 2 is 1.72 bits per heavy atom. The van der Waals surface area contributed by atoms with Crippen molar-refractivity contribution in [3.8, 4) is 0 Å². The largest absolute Gasteiger partial charge is 0.480 e. The molecule has 106 valence electrons. The maximum atomic E-state index is 12.0. The van der Waals surface area contributed by atoms with Crippen LogP contribution in [-0.4, -0.2) is 40.6 Å². The number of hydrogen-bond acceptors (Lipinski definition) is 2. The molecule has 2 amide bonds. The Morgan fingerprint density at radius 3 is 2.06 bits per heavy atom. The third-order valence-electron chi connectivity index (χ3n) is 3.06. The molecule has 5 nitrogen and oxygen atoms in total. The highest BCUT2D eigenvalue weighted by Crippen LogP contribution is 2.14. The van der Waals surface area contributed by atoms with Gasteiger partial charge in [-0.15, -0.1) is 0 Å². The third kappa shape index (κ3) is 5.89. The second-order valence-electron chi connectivity index (χ2n) is 6.06. The number of hydrogen-bond donors (Lipinski definition) is 2. The first-order valence-corrected chi connectivity index (χ1v) is 6.33. The van der Waals surface area contributed by atoms with E-state index in [1.54, 1.807) is 0 Å². The molecule has 0 aromatic rings. The molecule has 0 heterocycles. The van der Waals surface area contributed by atoms with E-state index in [0.29, 0.717) is 18.4 Å². The van der Waals surface area contributed by atoms with Crippen molar-refractivity contribution in [3.63, 3.8) is 0 Å². The molecule has 1 atom stereocenters. The van der Waals surface area contributed by atoms with Crippen molar-refractivity contribution >= 4 is 12.0 Å². The van der Waals surface area contributed by atoms with Gasteiger partial charge in [0.05, 0.1) is 0 Å². The molecule has 0 aliphatic carbocycles. The first-order valence-electron chi connectivity index (χ1n) is 6.33. The lowest BCUT2D eigenvalue weighted by molar-refractivity contribution is -0.138. The van der Waals surface area contributed by atoms with E-state index >= 15 is 0 Å². The molecule has 0 rings (SSSR count). The molecule has 0 spiro atoms. The summed E-state index contributed by atoms with van der Waals surface area (Å²) in [5.41, 5.74) is -0.510. The van der Waals surface area contributed by atoms with Crippen molar-refractivity contribution in [3.05, 3.63) is 0 Å². The lowest BCUT2D eigenvalue weighted by atomic mass is 9.98. The summed E-state index contributed by atoms with van der Waals surface area (Å²) in [5, 5.41) is 11.6. The quantitative estimate of drug-likeness (QED) is 0.794. The Hall–Kier alpha value is -1.26. The smallest absolute Gasteiger partial charge is 0.323 e. The van der Waals surface area contributed by atoms with Gasteiger partial charge in [-0.05, 0) is 32.6 Å². The molecule has 0 aromatic heterocycles. The van der Waals surface area contributed by atoms with Crippen LogP contribution in [0.2, 0.25) is 0 Å². The molecule has 5 heteroatoms. The molecule has 0 aliphatic heterocycles. The highest BCUT2D eigenvalue weighted by Gasteiger charge is 2.28. The number of carboxylic acids is 1. The van der Waals surface area contributed by atoms with Crippen LogP contribution in [0.3, 0.4) is 0 Å². The molecule has 0 saturated carbocycles. The van der Waals surface area contributed by atoms with Crippen LogP contribution >= 0.6 is 0 Å². The number of carbonyl (C=O) groups is 2. The van der Waals surface area contributed by atoms with Crippen LogP contribution < -0.4 is 5.32 Å². The Balaban J connectivity index is 4.54. The van der Waals surface area contributed by atoms with Crippen molar-refractivity contribution in [2.75, 3.05) is 13.1 Å². The molecule has 0 fully saturated rings. The predicted molar refractivity (Wildman–Crippen MR) is 71.5 cm³/mol. The van der Waals surface area contributed by atoms with E-state index in [1.165, 1.54) is 4.90 Å². The number of urea groups is 1. The zero-order valence-corrected chi connectivity index (χ0v) is 12.3. The van der Waals surface area contributed by atoms with Crippen LogP contribution in [0, 0.1) is 11.8 Å². The van der Waals surface area contributed by atoms with Gasteiger partial charge in [-0.3, -0.25) is 4.79 Å². The summed E-state index contributed by atoms with van der Waals surface area (Å²) in [5.74, 6) is -0.162. The Bertz CT molecular complexity index is 295. The normalized spacial score (nSPS) is 13.3. The van der Waals surface area contributed by atoms with Crippen LogP contribution in [-0.2, 0) is 4.79 Å². The lowest BCUT2D eigenvalue weighted by Gasteiger charge is -2.34. The molecule has 1 unspecified atom stereocenters. The van der Waals surface area contributed by atoms with Gasteiger partial charge < -0.3 is 15.3 Å². The van der Waals surface area contributed by atoms with Crippen molar-refractivity contribution in [2.24, 2.45) is 11.8 Å². The summed E-state index contributed by atoms with van der Waals surface area (Å²) in [6, 6.07) is -0.322. The third-order valence-corrected chi connectivity index (χ3v) is 3.06. The van der Waals surface area contributed by atoms with E-state index in [2.05, 4.69) is 26.1 Å². The van der Waals surface area contributed by atoms with Crippen molar-refractivity contribution < 1.29 is 14.7 Å². The van der Waals surface area contributed by atoms with Crippen molar-refractivity contribution in [1.82, 2.24) is 10.2 Å². The maximum absolute atomic E-state index is 12.0. The summed E-state index contributed by atoms with van der Waals surface area (Å²) < 4.78 is 0. The summed E-state index contributed by atoms with van der Waals surface area (Å²) in [4.78, 5) is 24.1. The first kappa shape index (κ1) is 16.7. The Labute approximate surface area is 110 Å². The second-order valence-corrected chi connectivity index (χ2v) is 6.06. The fourth-order valence-electron chi connectivity index (χ4n) is 1.33. The number of carbonyl (C=O) groups excluding carboxylic acids is 1. The van der Waals surface area contributed by atoms with Gasteiger partial charge in [-0.1, -0.05) is 20.8 Å². The molecule has 0 aromatic carbocycles. The van der Waals surface area contributed by atoms with Gasteiger partial charge in [0.15, 0.2) is 0 Å². The average molecular weight is 258 g/mol. The van der Waals surface area contributed by atoms with Crippen LogP contribution in [0.15, 0.2) is 0 Å². The van der Waals surface area contributed by atoms with Gasteiger partial charge >= 0.3 is 12.0 Å². The SMILES string of the molecule is CC(C)C(C)CNC(=O)N(CC(=O)O)C(C)(C)C. The molecule has 2 N–H and O–H groups in total. The predicted octanol–water partition coefficient (Wildman–Crippen LogP) is 2.17. The molecular formula is C13H26N2O3. The van der Waals surface area contributed by atoms with E-state index in [0.717, 1.165) is 0 Å². The van der Waals surface area contributed by atoms with Gasteiger partial charge in [0, 0.05) is 12.1 Å². The number of nitrogens with one attached hydrogen (secondary N) is 1. The summed E-state index contributed by atoms with van der Waals surface area (Å²) in [6.07, 6.45) is 0. The molecule has 0 saturated heterocycles. The van der Waals surface area contributed by atoms with Gasteiger partial charge in [0.2, 0.25) is 0 Å². The summed E-state index contributed by atoms with van der Waals surface area (Å²) in [7, 11) is 0. The van der Waals surface area contributed by atoms with Gasteiger partial charge in [0.25, 0.3) is 0 Å². The van der Waals surface area contributed by atoms with Gasteiger partial charge in [-0.25, -0.2) is 4.79 Å². The molecule has 18 heavy (non-hydrogen) atoms. The number of aliphatic carboxylic acids is 1. The molecule has 0 aliphatic rings. The number of nitrogens with zero attached hydrogens (tertiary/aromatic N) is 1. The number of rotatable bonds is 5. The second kappa shape index (κ2) is 6.61. The molecule has 0 bridgehead atoms. The summed E-state index contributed by atoms with van der Waals surface area (Å²) >= 11 is 0. The van der Waals surface area contributed by atoms with Crippen LogP contribution in [0.4, 0.5) is 4.79 Å². The Morgan fingerprint density at radius 1 is 1.22 bits per heavy atom. The Kier molecular flexibility index (Phi) is 6.15. The van der Waals surface area contributed by atoms with Crippen molar-refractivity contribution in [1.29, 1.82) is 0 Å². The minimum Gasteiger partial charge on any atom is -0.480 e. The van der Waals surface area contributed by atoms with E-state index < -0.39 is 11.5 Å². The lowest BCUT2D eigenvalue weighted by Crippen LogP contribution is -2.53. The first-order chi connectivity index (χ1) is 8.05. The molecule has 0 radical (unpaired) electrons. The zero-order valence-electron chi connectivity index (χ0n) is 12.3. The summed E-state index contributed by atoms with van der Waals surface area (Å²) in [6.45, 7) is 12.0. The average Bonchev–Trinajstić information content (AvgIpc) is 2.19. The fraction of sp³-hybridized carbons (Fsp3) is 0.846. The monoisotopic (exact) mass is 258 g/mol. The van der Waals surface area contributed by atoms with Crippen LogP contribution in [0.1, 0.15) is 41.5 Å². The maximum Gasteiger partial charge on any atom is 0.323 e. The standard InChI is InChI=1S/C13H26N2O3/c1-9(2)10(3)7-14-12(18)15(8-11(16)17)13(4,5)6/h9-10H,7-8H2,1-6H3,(H,14,18)(H,16,17). The van der Waals surface area contributed by atoms with Crippen LogP contribution in [0.25, 0.3) is 0 Å². The molecular weight excluding hydrogens is 232 g/mol. The zero-order chi connectivity index (χ0) is 14.5. The van der Waals surface area contributed by atoms with E-state index in [1.807, 2.05) is 20.8 Å². The topological polar surface area (TPSA) is 69.6 Å².